The molecule has 140 valence electrons. The van der Waals surface area contributed by atoms with Gasteiger partial charge < -0.3 is 9.47 Å². The second-order valence-electron chi connectivity index (χ2n) is 7.97. The summed E-state index contributed by atoms with van der Waals surface area (Å²) >= 11 is 0. The third-order valence-electron chi connectivity index (χ3n) is 6.44. The van der Waals surface area contributed by atoms with Crippen LogP contribution < -0.4 is 0 Å². The molecule has 0 aliphatic carbocycles. The number of hydrogen-bond acceptors (Lipinski definition) is 3. The molecule has 0 saturated carbocycles. The number of imide groups is 1. The largest absolute Gasteiger partial charge is 0.338 e. The summed E-state index contributed by atoms with van der Waals surface area (Å²) in [6.45, 7) is 0.340. The van der Waals surface area contributed by atoms with Crippen molar-refractivity contribution >= 4 is 28.6 Å². The maximum Gasteiger partial charge on any atom is 0.243 e. The van der Waals surface area contributed by atoms with Gasteiger partial charge in [0.25, 0.3) is 0 Å². The van der Waals surface area contributed by atoms with Gasteiger partial charge in [0.1, 0.15) is 6.54 Å². The van der Waals surface area contributed by atoms with Gasteiger partial charge in [-0.15, -0.1) is 0 Å². The first kappa shape index (κ1) is 16.5. The predicted octanol–water partition coefficient (Wildman–Crippen LogP) is 2.31. The van der Waals surface area contributed by atoms with Crippen LogP contribution in [0.2, 0.25) is 0 Å². The van der Waals surface area contributed by atoms with Gasteiger partial charge in [-0.25, -0.2) is 0 Å². The molecule has 1 aromatic carbocycles. The van der Waals surface area contributed by atoms with E-state index in [1.807, 2.05) is 39.9 Å². The molecule has 3 aliphatic rings. The van der Waals surface area contributed by atoms with E-state index in [0.717, 1.165) is 36.6 Å². The number of amides is 3. The highest BCUT2D eigenvalue weighted by Crippen LogP contribution is 2.39. The minimum absolute atomic E-state index is 0.0264. The first-order valence-electron chi connectivity index (χ1n) is 9.82. The maximum atomic E-state index is 13.1. The highest BCUT2D eigenvalue weighted by molar-refractivity contribution is 6.02. The van der Waals surface area contributed by atoms with Crippen LogP contribution in [0.25, 0.3) is 10.9 Å². The molecular formula is C21H23N3O3. The number of para-hydroxylation sites is 1. The average molecular weight is 365 g/mol. The van der Waals surface area contributed by atoms with Crippen molar-refractivity contribution in [2.24, 2.45) is 0 Å². The Bertz CT molecular complexity index is 904. The van der Waals surface area contributed by atoms with Gasteiger partial charge in [-0.3, -0.25) is 19.3 Å². The van der Waals surface area contributed by atoms with Crippen LogP contribution in [0.15, 0.2) is 36.5 Å². The molecule has 1 aromatic heterocycles. The Morgan fingerprint density at radius 2 is 1.59 bits per heavy atom. The first-order valence-corrected chi connectivity index (χ1v) is 9.82. The van der Waals surface area contributed by atoms with Crippen LogP contribution in [0.5, 0.6) is 0 Å². The zero-order valence-corrected chi connectivity index (χ0v) is 15.2. The Morgan fingerprint density at radius 1 is 0.926 bits per heavy atom. The molecule has 2 unspecified atom stereocenters. The van der Waals surface area contributed by atoms with Crippen molar-refractivity contribution < 1.29 is 14.4 Å². The molecule has 6 nitrogen and oxygen atoms in total. The summed E-state index contributed by atoms with van der Waals surface area (Å²) in [5.74, 6) is 0.0624. The minimum Gasteiger partial charge on any atom is -0.338 e. The van der Waals surface area contributed by atoms with Gasteiger partial charge >= 0.3 is 0 Å². The van der Waals surface area contributed by atoms with Crippen LogP contribution in [0.1, 0.15) is 38.5 Å². The lowest BCUT2D eigenvalue weighted by atomic mass is 9.96. The zero-order chi connectivity index (χ0) is 18.5. The van der Waals surface area contributed by atoms with Crippen LogP contribution in [-0.4, -0.2) is 50.2 Å². The smallest absolute Gasteiger partial charge is 0.243 e. The summed E-state index contributed by atoms with van der Waals surface area (Å²) < 4.78 is 2.01. The number of likely N-dealkylation sites (tertiary alicyclic amines) is 1. The van der Waals surface area contributed by atoms with E-state index in [0.29, 0.717) is 19.4 Å². The van der Waals surface area contributed by atoms with E-state index in [2.05, 4.69) is 6.07 Å². The normalized spacial score (nSPS) is 27.8. The lowest BCUT2D eigenvalue weighted by molar-refractivity contribution is -0.144. The van der Waals surface area contributed by atoms with E-state index in [1.54, 1.807) is 0 Å². The quantitative estimate of drug-likeness (QED) is 0.784. The monoisotopic (exact) mass is 365 g/mol. The molecule has 2 atom stereocenters. The Labute approximate surface area is 157 Å². The van der Waals surface area contributed by atoms with Crippen LogP contribution >= 0.6 is 0 Å². The van der Waals surface area contributed by atoms with Gasteiger partial charge in [0, 0.05) is 42.7 Å². The lowest BCUT2D eigenvalue weighted by Crippen LogP contribution is -2.54. The zero-order valence-electron chi connectivity index (χ0n) is 15.2. The number of carbonyl (C=O) groups is 3. The summed E-state index contributed by atoms with van der Waals surface area (Å²) in [6.07, 6.45) is 6.05. The molecule has 3 amide bonds. The number of benzene rings is 1. The highest BCUT2D eigenvalue weighted by Gasteiger charge is 2.47. The van der Waals surface area contributed by atoms with Gasteiger partial charge in [0.15, 0.2) is 0 Å². The number of carbonyl (C=O) groups excluding carboxylic acids is 3. The Morgan fingerprint density at radius 3 is 2.30 bits per heavy atom. The number of hydrogen-bond donors (Lipinski definition) is 0. The molecule has 0 N–H and O–H groups in total. The van der Waals surface area contributed by atoms with E-state index < -0.39 is 0 Å². The summed E-state index contributed by atoms with van der Waals surface area (Å²) in [7, 11) is 0. The molecule has 3 aliphatic heterocycles. The number of aromatic nitrogens is 1. The number of fused-ring (bicyclic) bond motifs is 3. The van der Waals surface area contributed by atoms with Crippen molar-refractivity contribution in [2.45, 2.75) is 63.2 Å². The molecule has 0 spiro atoms. The minimum atomic E-state index is -0.0389. The van der Waals surface area contributed by atoms with Crippen LogP contribution in [-0.2, 0) is 20.9 Å². The number of rotatable bonds is 3. The second-order valence-corrected chi connectivity index (χ2v) is 7.97. The fourth-order valence-corrected chi connectivity index (χ4v) is 5.27. The van der Waals surface area contributed by atoms with Gasteiger partial charge in [0.05, 0.1) is 0 Å². The van der Waals surface area contributed by atoms with Crippen LogP contribution in [0.4, 0.5) is 0 Å². The molecule has 0 radical (unpaired) electrons. The molecule has 2 aromatic rings. The molecule has 27 heavy (non-hydrogen) atoms. The molecule has 2 bridgehead atoms. The number of nitrogens with zero attached hydrogens (tertiary/aromatic N) is 3. The fraction of sp³-hybridized carbons (Fsp3) is 0.476. The van der Waals surface area contributed by atoms with Gasteiger partial charge in [0.2, 0.25) is 17.7 Å². The van der Waals surface area contributed by atoms with E-state index in [1.165, 1.54) is 4.90 Å². The number of piperidine rings is 1. The highest BCUT2D eigenvalue weighted by atomic mass is 16.2. The van der Waals surface area contributed by atoms with E-state index >= 15 is 0 Å². The molecular weight excluding hydrogens is 342 g/mol. The van der Waals surface area contributed by atoms with Crippen molar-refractivity contribution in [3.05, 3.63) is 36.5 Å². The second kappa shape index (κ2) is 6.22. The first-order chi connectivity index (χ1) is 13.1. The SMILES string of the molecule is O=C1CCC(=O)N1C1CC2CCC(C1)N2C(=O)Cn1ccc2ccccc21. The molecule has 5 rings (SSSR count). The van der Waals surface area contributed by atoms with Gasteiger partial charge in [-0.2, -0.15) is 0 Å². The Hall–Kier alpha value is -2.63. The molecule has 4 heterocycles. The standard InChI is InChI=1S/C21H23N3O3/c25-19-7-8-20(26)24(19)17-11-15-5-6-16(12-17)23(15)21(27)13-22-10-9-14-3-1-2-4-18(14)22/h1-4,9-10,15-17H,5-8,11-13H2. The summed E-state index contributed by atoms with van der Waals surface area (Å²) in [4.78, 5) is 40.8. The summed E-state index contributed by atoms with van der Waals surface area (Å²) in [6, 6.07) is 10.4. The Balaban J connectivity index is 1.33. The van der Waals surface area contributed by atoms with Crippen LogP contribution in [0, 0.1) is 0 Å². The fourth-order valence-electron chi connectivity index (χ4n) is 5.27. The van der Waals surface area contributed by atoms with Crippen molar-refractivity contribution in [3.63, 3.8) is 0 Å². The van der Waals surface area contributed by atoms with E-state index in [-0.39, 0.29) is 35.8 Å². The summed E-state index contributed by atoms with van der Waals surface area (Å²) in [5.41, 5.74) is 1.07. The van der Waals surface area contributed by atoms with E-state index in [4.69, 9.17) is 0 Å². The van der Waals surface area contributed by atoms with Crippen molar-refractivity contribution in [3.8, 4) is 0 Å². The average Bonchev–Trinajstić information content (AvgIpc) is 3.30. The molecule has 3 saturated heterocycles. The molecule has 6 heteroatoms. The van der Waals surface area contributed by atoms with Crippen LogP contribution in [0.3, 0.4) is 0 Å². The predicted molar refractivity (Wildman–Crippen MR) is 99.7 cm³/mol. The van der Waals surface area contributed by atoms with Gasteiger partial charge in [-0.05, 0) is 43.2 Å². The summed E-state index contributed by atoms with van der Waals surface area (Å²) in [5, 5.41) is 1.14. The van der Waals surface area contributed by atoms with Crippen molar-refractivity contribution in [2.75, 3.05) is 0 Å². The van der Waals surface area contributed by atoms with Crippen molar-refractivity contribution in [1.82, 2.24) is 14.4 Å². The maximum absolute atomic E-state index is 13.1. The van der Waals surface area contributed by atoms with E-state index in [9.17, 15) is 14.4 Å². The third kappa shape index (κ3) is 2.66. The Kier molecular flexibility index (Phi) is 3.81. The topological polar surface area (TPSA) is 62.6 Å². The van der Waals surface area contributed by atoms with Crippen molar-refractivity contribution in [1.29, 1.82) is 0 Å². The molecule has 3 fully saturated rings. The van der Waals surface area contributed by atoms with Gasteiger partial charge in [-0.1, -0.05) is 18.2 Å². The lowest BCUT2D eigenvalue weighted by Gasteiger charge is -2.41. The third-order valence-corrected chi connectivity index (χ3v) is 6.44.